The zero-order chi connectivity index (χ0) is 17.2. The fourth-order valence-electron chi connectivity index (χ4n) is 4.07. The lowest BCUT2D eigenvalue weighted by atomic mass is 9.82. The van der Waals surface area contributed by atoms with Gasteiger partial charge in [-0.05, 0) is 24.1 Å². The van der Waals surface area contributed by atoms with Crippen molar-refractivity contribution in [2.45, 2.75) is 12.0 Å². The van der Waals surface area contributed by atoms with Crippen LogP contribution in [0.15, 0.2) is 42.5 Å². The van der Waals surface area contributed by atoms with Gasteiger partial charge < -0.3 is 10.3 Å². The van der Waals surface area contributed by atoms with Crippen molar-refractivity contribution in [1.29, 1.82) is 0 Å². The number of fused-ring (bicyclic) bond motifs is 6. The molecule has 2 aromatic carbocycles. The van der Waals surface area contributed by atoms with Crippen molar-refractivity contribution >= 4 is 28.2 Å². The molecule has 1 unspecified atom stereocenters. The third-order valence-corrected chi connectivity index (χ3v) is 5.16. The number of nitro benzene ring substituents is 1. The fraction of sp³-hybridized carbons (Fsp3) is 0.167. The van der Waals surface area contributed by atoms with E-state index in [0.29, 0.717) is 17.8 Å². The number of amides is 1. The summed E-state index contributed by atoms with van der Waals surface area (Å²) in [5.74, 6) is -0.212. The van der Waals surface area contributed by atoms with E-state index in [1.165, 1.54) is 12.1 Å². The van der Waals surface area contributed by atoms with Crippen LogP contribution >= 0.6 is 0 Å². The summed E-state index contributed by atoms with van der Waals surface area (Å²) in [5, 5.41) is 18.5. The van der Waals surface area contributed by atoms with Gasteiger partial charge in [0.05, 0.1) is 10.6 Å². The van der Waals surface area contributed by atoms with E-state index in [2.05, 4.69) is 15.6 Å². The number of H-pyrrole nitrogens is 1. The predicted octanol–water partition coefficient (Wildman–Crippen LogP) is 2.42. The fourth-order valence-corrected chi connectivity index (χ4v) is 4.07. The SMILES string of the molecule is O=C1Nc2ccc([N+](=O)[O-])cc2C12NCCc1c2[nH]c2ccccc12. The Hall–Kier alpha value is -3.19. The number of aromatic nitrogens is 1. The lowest BCUT2D eigenvalue weighted by molar-refractivity contribution is -0.384. The molecule has 1 amide bonds. The third kappa shape index (κ3) is 1.70. The highest BCUT2D eigenvalue weighted by atomic mass is 16.6. The lowest BCUT2D eigenvalue weighted by Gasteiger charge is -2.33. The lowest BCUT2D eigenvalue weighted by Crippen LogP contribution is -2.53. The van der Waals surface area contributed by atoms with Gasteiger partial charge in [-0.2, -0.15) is 0 Å². The van der Waals surface area contributed by atoms with Crippen molar-refractivity contribution in [2.24, 2.45) is 0 Å². The number of rotatable bonds is 1. The van der Waals surface area contributed by atoms with E-state index in [1.54, 1.807) is 6.07 Å². The number of hydrogen-bond acceptors (Lipinski definition) is 4. The minimum Gasteiger partial charge on any atom is -0.356 e. The Bertz CT molecular complexity index is 1070. The number of nitrogens with one attached hydrogen (secondary N) is 3. The first-order valence-corrected chi connectivity index (χ1v) is 8.07. The van der Waals surface area contributed by atoms with Crippen LogP contribution in [0.5, 0.6) is 0 Å². The molecule has 25 heavy (non-hydrogen) atoms. The van der Waals surface area contributed by atoms with E-state index >= 15 is 0 Å². The smallest absolute Gasteiger partial charge is 0.269 e. The molecular formula is C18H14N4O3. The highest BCUT2D eigenvalue weighted by Gasteiger charge is 2.52. The second-order valence-electron chi connectivity index (χ2n) is 6.39. The van der Waals surface area contributed by atoms with E-state index in [1.807, 2.05) is 24.3 Å². The number of nitro groups is 1. The Labute approximate surface area is 142 Å². The van der Waals surface area contributed by atoms with Crippen LogP contribution in [-0.4, -0.2) is 22.4 Å². The highest BCUT2D eigenvalue weighted by molar-refractivity contribution is 6.09. The van der Waals surface area contributed by atoms with Crippen LogP contribution in [0.2, 0.25) is 0 Å². The maximum Gasteiger partial charge on any atom is 0.269 e. The first-order chi connectivity index (χ1) is 12.1. The van der Waals surface area contributed by atoms with Crippen LogP contribution in [-0.2, 0) is 16.8 Å². The molecule has 7 heteroatoms. The molecular weight excluding hydrogens is 320 g/mol. The van der Waals surface area contributed by atoms with Crippen LogP contribution in [0.4, 0.5) is 11.4 Å². The Balaban J connectivity index is 1.83. The average molecular weight is 334 g/mol. The average Bonchev–Trinajstić information content (AvgIpc) is 3.12. The molecule has 0 radical (unpaired) electrons. The minimum absolute atomic E-state index is 0.0281. The molecule has 0 fully saturated rings. The summed E-state index contributed by atoms with van der Waals surface area (Å²) < 4.78 is 0. The monoisotopic (exact) mass is 334 g/mol. The van der Waals surface area contributed by atoms with Crippen molar-refractivity contribution in [3.8, 4) is 0 Å². The van der Waals surface area contributed by atoms with E-state index in [-0.39, 0.29) is 11.6 Å². The zero-order valence-corrected chi connectivity index (χ0v) is 13.1. The van der Waals surface area contributed by atoms with Gasteiger partial charge in [0.15, 0.2) is 5.54 Å². The number of benzene rings is 2. The maximum absolute atomic E-state index is 13.0. The first kappa shape index (κ1) is 14.2. The van der Waals surface area contributed by atoms with Gasteiger partial charge in [0.2, 0.25) is 0 Å². The summed E-state index contributed by atoms with van der Waals surface area (Å²) in [6.45, 7) is 0.615. The molecule has 3 N–H and O–H groups in total. The first-order valence-electron chi connectivity index (χ1n) is 8.07. The molecule has 1 spiro atoms. The summed E-state index contributed by atoms with van der Waals surface area (Å²) in [7, 11) is 0. The molecule has 0 bridgehead atoms. The molecule has 2 aliphatic rings. The molecule has 1 atom stereocenters. The Kier molecular flexibility index (Phi) is 2.65. The summed E-state index contributed by atoms with van der Waals surface area (Å²) in [4.78, 5) is 27.1. The van der Waals surface area contributed by atoms with Gasteiger partial charge in [0.25, 0.3) is 11.6 Å². The largest absolute Gasteiger partial charge is 0.356 e. The second kappa shape index (κ2) is 4.67. The van der Waals surface area contributed by atoms with E-state index < -0.39 is 10.5 Å². The van der Waals surface area contributed by atoms with Crippen molar-refractivity contribution in [2.75, 3.05) is 11.9 Å². The molecule has 2 aliphatic heterocycles. The van der Waals surface area contributed by atoms with Gasteiger partial charge in [-0.3, -0.25) is 20.2 Å². The number of aromatic amines is 1. The van der Waals surface area contributed by atoms with Crippen molar-refractivity contribution < 1.29 is 9.72 Å². The molecule has 0 saturated carbocycles. The molecule has 3 heterocycles. The van der Waals surface area contributed by atoms with Crippen LogP contribution < -0.4 is 10.6 Å². The van der Waals surface area contributed by atoms with Crippen LogP contribution in [0.1, 0.15) is 16.8 Å². The topological polar surface area (TPSA) is 100 Å². The van der Waals surface area contributed by atoms with Crippen LogP contribution in [0.25, 0.3) is 10.9 Å². The van der Waals surface area contributed by atoms with Crippen molar-refractivity contribution in [3.63, 3.8) is 0 Å². The molecule has 5 rings (SSSR count). The number of non-ortho nitro benzene ring substituents is 1. The van der Waals surface area contributed by atoms with Crippen LogP contribution in [0.3, 0.4) is 0 Å². The summed E-state index contributed by atoms with van der Waals surface area (Å²) in [6, 6.07) is 12.4. The predicted molar refractivity (Wildman–Crippen MR) is 92.5 cm³/mol. The maximum atomic E-state index is 13.0. The van der Waals surface area contributed by atoms with Gasteiger partial charge in [-0.25, -0.2) is 0 Å². The molecule has 7 nitrogen and oxygen atoms in total. The van der Waals surface area contributed by atoms with E-state index in [4.69, 9.17) is 0 Å². The molecule has 124 valence electrons. The van der Waals surface area contributed by atoms with Gasteiger partial charge in [0, 0.05) is 40.8 Å². The normalized spacial score (nSPS) is 21.2. The molecule has 1 aromatic heterocycles. The Morgan fingerprint density at radius 3 is 2.84 bits per heavy atom. The third-order valence-electron chi connectivity index (χ3n) is 5.16. The number of carbonyl (C=O) groups excluding carboxylic acids is 1. The van der Waals surface area contributed by atoms with Crippen molar-refractivity contribution in [3.05, 3.63) is 69.4 Å². The number of carbonyl (C=O) groups is 1. The second-order valence-corrected chi connectivity index (χ2v) is 6.39. The van der Waals surface area contributed by atoms with E-state index in [0.717, 1.165) is 28.6 Å². The number of para-hydroxylation sites is 1. The molecule has 0 saturated heterocycles. The quantitative estimate of drug-likeness (QED) is 0.470. The van der Waals surface area contributed by atoms with Gasteiger partial charge >= 0.3 is 0 Å². The number of hydrogen-bond donors (Lipinski definition) is 3. The Morgan fingerprint density at radius 1 is 1.16 bits per heavy atom. The van der Waals surface area contributed by atoms with Crippen molar-refractivity contribution in [1.82, 2.24) is 10.3 Å². The zero-order valence-electron chi connectivity index (χ0n) is 13.1. The highest BCUT2D eigenvalue weighted by Crippen LogP contribution is 2.46. The Morgan fingerprint density at radius 2 is 2.00 bits per heavy atom. The van der Waals surface area contributed by atoms with Gasteiger partial charge in [-0.15, -0.1) is 0 Å². The molecule has 0 aliphatic carbocycles. The minimum atomic E-state index is -1.12. The van der Waals surface area contributed by atoms with Gasteiger partial charge in [-0.1, -0.05) is 18.2 Å². The van der Waals surface area contributed by atoms with E-state index in [9.17, 15) is 14.9 Å². The number of anilines is 1. The summed E-state index contributed by atoms with van der Waals surface area (Å²) in [5.41, 5.74) is 2.88. The summed E-state index contributed by atoms with van der Waals surface area (Å²) in [6.07, 6.45) is 0.790. The van der Waals surface area contributed by atoms with Crippen LogP contribution in [0, 0.1) is 10.1 Å². The standard InChI is InChI=1S/C18H14N4O3/c23-17-18(13-9-10(22(24)25)5-6-15(13)21-17)16-12(7-8-19-18)11-3-1-2-4-14(11)20-16/h1-6,9,19-20H,7-8H2,(H,21,23). The van der Waals surface area contributed by atoms with Gasteiger partial charge in [0.1, 0.15) is 0 Å². The number of nitrogens with zero attached hydrogens (tertiary/aromatic N) is 1. The molecule has 3 aromatic rings. The summed E-state index contributed by atoms with van der Waals surface area (Å²) >= 11 is 0.